The van der Waals surface area contributed by atoms with Crippen LogP contribution in [-0.2, 0) is 14.8 Å². The van der Waals surface area contributed by atoms with E-state index in [9.17, 15) is 13.2 Å². The number of benzene rings is 1. The number of sulfonamides is 1. The molecule has 0 aromatic heterocycles. The predicted molar refractivity (Wildman–Crippen MR) is 60.2 cm³/mol. The number of primary amides is 1. The molecule has 0 aliphatic heterocycles. The van der Waals surface area contributed by atoms with Crippen LogP contribution in [0.3, 0.4) is 0 Å². The highest BCUT2D eigenvalue weighted by Gasteiger charge is 2.11. The van der Waals surface area contributed by atoms with Gasteiger partial charge in [-0.3, -0.25) is 4.79 Å². The highest BCUT2D eigenvalue weighted by Crippen LogP contribution is 2.27. The minimum absolute atomic E-state index is 0.0502. The van der Waals surface area contributed by atoms with Crippen molar-refractivity contribution in [3.8, 4) is 5.75 Å². The van der Waals surface area contributed by atoms with Crippen LogP contribution in [0.25, 0.3) is 0 Å². The molecule has 0 fully saturated rings. The van der Waals surface area contributed by atoms with Crippen LogP contribution >= 0.6 is 15.9 Å². The molecule has 0 bridgehead atoms. The van der Waals surface area contributed by atoms with E-state index in [4.69, 9.17) is 15.6 Å². The quantitative estimate of drug-likeness (QED) is 0.812. The van der Waals surface area contributed by atoms with Crippen LogP contribution in [0.4, 0.5) is 0 Å². The van der Waals surface area contributed by atoms with Crippen molar-refractivity contribution in [2.24, 2.45) is 10.9 Å². The summed E-state index contributed by atoms with van der Waals surface area (Å²) in [5, 5.41) is 4.93. The first kappa shape index (κ1) is 12.9. The van der Waals surface area contributed by atoms with Crippen LogP contribution in [0.2, 0.25) is 0 Å². The van der Waals surface area contributed by atoms with Gasteiger partial charge >= 0.3 is 0 Å². The van der Waals surface area contributed by atoms with Gasteiger partial charge < -0.3 is 10.5 Å². The van der Waals surface area contributed by atoms with Gasteiger partial charge in [0.2, 0.25) is 10.0 Å². The van der Waals surface area contributed by atoms with Gasteiger partial charge in [0.15, 0.2) is 6.61 Å². The van der Waals surface area contributed by atoms with E-state index >= 15 is 0 Å². The molecular weight excluding hydrogens is 300 g/mol. The Balaban J connectivity index is 2.96. The lowest BCUT2D eigenvalue weighted by atomic mass is 10.3. The summed E-state index contributed by atoms with van der Waals surface area (Å²) in [5.74, 6) is -0.311. The average Bonchev–Trinajstić information content (AvgIpc) is 2.14. The molecule has 0 atom stereocenters. The summed E-state index contributed by atoms with van der Waals surface area (Å²) >= 11 is 3.09. The monoisotopic (exact) mass is 308 g/mol. The summed E-state index contributed by atoms with van der Waals surface area (Å²) in [5.41, 5.74) is 4.89. The van der Waals surface area contributed by atoms with Gasteiger partial charge in [-0.15, -0.1) is 0 Å². The third kappa shape index (κ3) is 3.47. The van der Waals surface area contributed by atoms with Crippen molar-refractivity contribution in [2.45, 2.75) is 4.90 Å². The zero-order valence-corrected chi connectivity index (χ0v) is 10.4. The first-order valence-corrected chi connectivity index (χ1v) is 6.38. The second kappa shape index (κ2) is 4.81. The van der Waals surface area contributed by atoms with Crippen LogP contribution in [0, 0.1) is 0 Å². The van der Waals surface area contributed by atoms with Crippen LogP contribution in [-0.4, -0.2) is 20.9 Å². The molecule has 16 heavy (non-hydrogen) atoms. The van der Waals surface area contributed by atoms with Gasteiger partial charge in [-0.05, 0) is 34.1 Å². The Hall–Kier alpha value is -1.12. The van der Waals surface area contributed by atoms with Gasteiger partial charge in [-0.25, -0.2) is 13.6 Å². The van der Waals surface area contributed by atoms with Gasteiger partial charge in [-0.1, -0.05) is 0 Å². The summed E-state index contributed by atoms with van der Waals surface area (Å²) < 4.78 is 27.4. The normalized spacial score (nSPS) is 11.1. The SMILES string of the molecule is NC(=O)COc1ccc(S(N)(=O)=O)cc1Br. The van der Waals surface area contributed by atoms with E-state index in [0.717, 1.165) is 0 Å². The molecule has 0 unspecified atom stereocenters. The highest BCUT2D eigenvalue weighted by atomic mass is 79.9. The Kier molecular flexibility index (Phi) is 3.89. The predicted octanol–water partition coefficient (Wildman–Crippen LogP) is -0.0394. The van der Waals surface area contributed by atoms with Crippen molar-refractivity contribution in [3.63, 3.8) is 0 Å². The van der Waals surface area contributed by atoms with E-state index in [1.165, 1.54) is 18.2 Å². The number of hydrogen-bond acceptors (Lipinski definition) is 4. The van der Waals surface area contributed by atoms with Gasteiger partial charge in [0.25, 0.3) is 5.91 Å². The standard InChI is InChI=1S/C8H9BrN2O4S/c9-6-3-5(16(11,13)14)1-2-7(6)15-4-8(10)12/h1-3H,4H2,(H2,10,12)(H2,11,13,14). The number of hydrogen-bond donors (Lipinski definition) is 2. The largest absolute Gasteiger partial charge is 0.483 e. The van der Waals surface area contributed by atoms with Gasteiger partial charge in [-0.2, -0.15) is 0 Å². The van der Waals surface area contributed by atoms with E-state index in [2.05, 4.69) is 15.9 Å². The third-order valence-electron chi connectivity index (χ3n) is 1.60. The van der Waals surface area contributed by atoms with E-state index in [0.29, 0.717) is 10.2 Å². The second-order valence-electron chi connectivity index (χ2n) is 2.89. The maximum Gasteiger partial charge on any atom is 0.255 e. The van der Waals surface area contributed by atoms with Crippen LogP contribution in [0.15, 0.2) is 27.6 Å². The Bertz CT molecular complexity index is 515. The van der Waals surface area contributed by atoms with Crippen molar-refractivity contribution in [3.05, 3.63) is 22.7 Å². The maximum atomic E-state index is 11.0. The van der Waals surface area contributed by atoms with E-state index < -0.39 is 15.9 Å². The third-order valence-corrected chi connectivity index (χ3v) is 3.13. The van der Waals surface area contributed by atoms with E-state index in [-0.39, 0.29) is 11.5 Å². The molecule has 1 aromatic carbocycles. The summed E-state index contributed by atoms with van der Waals surface area (Å²) in [6.45, 7) is -0.284. The molecule has 0 spiro atoms. The Morgan fingerprint density at radius 1 is 1.44 bits per heavy atom. The Labute approximate surface area is 101 Å². The fraction of sp³-hybridized carbons (Fsp3) is 0.125. The van der Waals surface area contributed by atoms with Crippen molar-refractivity contribution in [1.29, 1.82) is 0 Å². The number of rotatable bonds is 4. The Morgan fingerprint density at radius 2 is 2.06 bits per heavy atom. The first-order valence-electron chi connectivity index (χ1n) is 4.04. The second-order valence-corrected chi connectivity index (χ2v) is 5.31. The van der Waals surface area contributed by atoms with Gasteiger partial charge in [0.05, 0.1) is 9.37 Å². The molecule has 0 aliphatic rings. The van der Waals surface area contributed by atoms with E-state index in [1.54, 1.807) is 0 Å². The lowest BCUT2D eigenvalue weighted by molar-refractivity contribution is -0.119. The molecule has 0 saturated heterocycles. The van der Waals surface area contributed by atoms with Crippen molar-refractivity contribution >= 4 is 31.9 Å². The van der Waals surface area contributed by atoms with Crippen LogP contribution in [0.5, 0.6) is 5.75 Å². The average molecular weight is 309 g/mol. The van der Waals surface area contributed by atoms with Gasteiger partial charge in [0.1, 0.15) is 5.75 Å². The Morgan fingerprint density at radius 3 is 2.50 bits per heavy atom. The first-order chi connectivity index (χ1) is 7.30. The van der Waals surface area contributed by atoms with Crippen molar-refractivity contribution in [2.75, 3.05) is 6.61 Å². The summed E-state index contributed by atoms with van der Waals surface area (Å²) in [7, 11) is -3.75. The number of primary sulfonamides is 1. The molecule has 4 N–H and O–H groups in total. The van der Waals surface area contributed by atoms with E-state index in [1.807, 2.05) is 0 Å². The molecule has 0 heterocycles. The fourth-order valence-corrected chi connectivity index (χ4v) is 2.11. The number of nitrogens with two attached hydrogens (primary N) is 2. The molecule has 1 amide bonds. The van der Waals surface area contributed by atoms with Crippen molar-refractivity contribution in [1.82, 2.24) is 0 Å². The maximum absolute atomic E-state index is 11.0. The number of carbonyl (C=O) groups is 1. The summed E-state index contributed by atoms with van der Waals surface area (Å²) in [4.78, 5) is 10.4. The lowest BCUT2D eigenvalue weighted by Crippen LogP contribution is -2.20. The number of halogens is 1. The summed E-state index contributed by atoms with van der Waals surface area (Å²) in [6, 6.07) is 3.94. The number of amides is 1. The zero-order valence-electron chi connectivity index (χ0n) is 8.01. The molecule has 8 heteroatoms. The molecule has 1 rings (SSSR count). The molecule has 0 aliphatic carbocycles. The highest BCUT2D eigenvalue weighted by molar-refractivity contribution is 9.10. The topological polar surface area (TPSA) is 112 Å². The van der Waals surface area contributed by atoms with Crippen LogP contribution < -0.4 is 15.6 Å². The lowest BCUT2D eigenvalue weighted by Gasteiger charge is -2.07. The fourth-order valence-electron chi connectivity index (χ4n) is 0.924. The minimum Gasteiger partial charge on any atom is -0.483 e. The molecule has 0 saturated carbocycles. The molecule has 6 nitrogen and oxygen atoms in total. The summed E-state index contributed by atoms with van der Waals surface area (Å²) in [6.07, 6.45) is 0. The number of ether oxygens (including phenoxy) is 1. The molecule has 0 radical (unpaired) electrons. The minimum atomic E-state index is -3.75. The zero-order chi connectivity index (χ0) is 12.3. The molecule has 1 aromatic rings. The molecular formula is C8H9BrN2O4S. The smallest absolute Gasteiger partial charge is 0.255 e. The van der Waals surface area contributed by atoms with Crippen molar-refractivity contribution < 1.29 is 17.9 Å². The van der Waals surface area contributed by atoms with Gasteiger partial charge in [0, 0.05) is 0 Å². The molecule has 88 valence electrons. The van der Waals surface area contributed by atoms with Crippen LogP contribution in [0.1, 0.15) is 0 Å². The number of carbonyl (C=O) groups excluding carboxylic acids is 1.